The van der Waals surface area contributed by atoms with Gasteiger partial charge in [0.15, 0.2) is 6.10 Å². The highest BCUT2D eigenvalue weighted by atomic mass is 16.6. The van der Waals surface area contributed by atoms with Crippen LogP contribution >= 0.6 is 0 Å². The van der Waals surface area contributed by atoms with Gasteiger partial charge in [0.25, 0.3) is 0 Å². The van der Waals surface area contributed by atoms with Crippen LogP contribution in [0.5, 0.6) is 0 Å². The molecule has 0 amide bonds. The Kier molecular flexibility index (Phi) is 47.9. The Hall–Kier alpha value is -2.63. The van der Waals surface area contributed by atoms with Gasteiger partial charge in [-0.1, -0.05) is 236 Å². The summed E-state index contributed by atoms with van der Waals surface area (Å²) in [6.45, 7) is 6.46. The van der Waals surface area contributed by atoms with E-state index in [1.807, 2.05) is 0 Å². The molecule has 0 aromatic rings. The summed E-state index contributed by atoms with van der Waals surface area (Å²) >= 11 is 0. The van der Waals surface area contributed by atoms with Gasteiger partial charge in [0.2, 0.25) is 0 Å². The van der Waals surface area contributed by atoms with Crippen LogP contribution in [0.25, 0.3) is 0 Å². The number of carbonyl (C=O) groups is 3. The molecule has 0 saturated carbocycles. The first-order valence-electron chi connectivity index (χ1n) is 26.1. The topological polar surface area (TPSA) is 78.9 Å². The monoisotopic (exact) mass is 855 g/mol. The lowest BCUT2D eigenvalue weighted by molar-refractivity contribution is -0.167. The molecule has 0 spiro atoms. The van der Waals surface area contributed by atoms with Crippen LogP contribution in [0.1, 0.15) is 265 Å². The summed E-state index contributed by atoms with van der Waals surface area (Å²) in [5.74, 6) is -0.887. The zero-order chi connectivity index (χ0) is 44.4. The molecule has 0 N–H and O–H groups in total. The highest BCUT2D eigenvalue weighted by molar-refractivity contribution is 5.71. The van der Waals surface area contributed by atoms with E-state index in [2.05, 4.69) is 69.4 Å². The number of allylic oxidation sites excluding steroid dienone is 8. The molecule has 0 aliphatic rings. The highest BCUT2D eigenvalue weighted by Gasteiger charge is 2.19. The fraction of sp³-hybridized carbons (Fsp3) is 0.800. The Labute approximate surface area is 378 Å². The van der Waals surface area contributed by atoms with Crippen molar-refractivity contribution in [1.29, 1.82) is 0 Å². The van der Waals surface area contributed by atoms with Crippen LogP contribution in [-0.4, -0.2) is 37.2 Å². The van der Waals surface area contributed by atoms with Crippen molar-refractivity contribution < 1.29 is 28.6 Å². The number of ether oxygens (including phenoxy) is 3. The third-order valence-electron chi connectivity index (χ3n) is 11.3. The van der Waals surface area contributed by atoms with Crippen molar-refractivity contribution in [3.8, 4) is 0 Å². The molecular formula is C55H98O6. The van der Waals surface area contributed by atoms with Gasteiger partial charge in [-0.2, -0.15) is 0 Å². The molecule has 354 valence electrons. The summed E-state index contributed by atoms with van der Waals surface area (Å²) in [4.78, 5) is 37.7. The quantitative estimate of drug-likeness (QED) is 0.0263. The smallest absolute Gasteiger partial charge is 0.306 e. The Morgan fingerprint density at radius 1 is 0.344 bits per heavy atom. The van der Waals surface area contributed by atoms with E-state index in [1.165, 1.54) is 128 Å². The Bertz CT molecular complexity index is 1070. The van der Waals surface area contributed by atoms with Gasteiger partial charge in [-0.15, -0.1) is 0 Å². The van der Waals surface area contributed by atoms with E-state index in [-0.39, 0.29) is 31.1 Å². The van der Waals surface area contributed by atoms with E-state index >= 15 is 0 Å². The van der Waals surface area contributed by atoms with E-state index in [1.54, 1.807) is 0 Å². The second-order valence-electron chi connectivity index (χ2n) is 17.4. The number of esters is 3. The molecule has 0 bridgehead atoms. The van der Waals surface area contributed by atoms with Crippen molar-refractivity contribution in [2.75, 3.05) is 13.2 Å². The van der Waals surface area contributed by atoms with E-state index in [4.69, 9.17) is 14.2 Å². The minimum Gasteiger partial charge on any atom is -0.462 e. The molecule has 0 heterocycles. The van der Waals surface area contributed by atoms with Crippen LogP contribution in [0, 0.1) is 0 Å². The molecule has 1 unspecified atom stereocenters. The number of rotatable bonds is 47. The molecule has 61 heavy (non-hydrogen) atoms. The van der Waals surface area contributed by atoms with Crippen molar-refractivity contribution in [2.45, 2.75) is 271 Å². The number of unbranched alkanes of at least 4 members (excludes halogenated alkanes) is 28. The Morgan fingerprint density at radius 2 is 0.639 bits per heavy atom. The molecule has 1 atom stereocenters. The fourth-order valence-corrected chi connectivity index (χ4v) is 7.43. The summed E-state index contributed by atoms with van der Waals surface area (Å²) in [5, 5.41) is 0. The predicted octanol–water partition coefficient (Wildman–Crippen LogP) is 17.1. The summed E-state index contributed by atoms with van der Waals surface area (Å²) in [6, 6.07) is 0. The first kappa shape index (κ1) is 58.4. The standard InChI is InChI=1S/C55H98O6/c1-4-7-10-13-15-17-19-21-23-25-26-27-28-30-31-33-35-37-39-42-45-48-54(57)60-51-52(50-59-53(56)47-44-41-12-9-6-3)61-55(58)49-46-43-40-38-36-34-32-29-24-22-20-18-16-14-11-8-5-2/h7,10,15,17,21,23,26-27,52H,4-6,8-9,11-14,16,18-20,22,24-25,28-51H2,1-3H3/b10-7-,17-15-,23-21-,27-26-. The minimum absolute atomic E-state index is 0.0741. The third-order valence-corrected chi connectivity index (χ3v) is 11.3. The summed E-state index contributed by atoms with van der Waals surface area (Å²) in [6.07, 6.45) is 59.9. The van der Waals surface area contributed by atoms with Gasteiger partial charge in [0.05, 0.1) is 0 Å². The normalized spacial score (nSPS) is 12.4. The largest absolute Gasteiger partial charge is 0.462 e. The van der Waals surface area contributed by atoms with E-state index in [0.29, 0.717) is 19.3 Å². The predicted molar refractivity (Wildman–Crippen MR) is 261 cm³/mol. The fourth-order valence-electron chi connectivity index (χ4n) is 7.43. The third kappa shape index (κ3) is 48.3. The van der Waals surface area contributed by atoms with Gasteiger partial charge >= 0.3 is 17.9 Å². The molecule has 0 aliphatic carbocycles. The lowest BCUT2D eigenvalue weighted by atomic mass is 10.0. The minimum atomic E-state index is -0.769. The lowest BCUT2D eigenvalue weighted by Crippen LogP contribution is -2.30. The van der Waals surface area contributed by atoms with E-state index in [9.17, 15) is 14.4 Å². The molecule has 0 aliphatic heterocycles. The molecule has 0 fully saturated rings. The number of carbonyl (C=O) groups excluding carboxylic acids is 3. The maximum Gasteiger partial charge on any atom is 0.306 e. The number of hydrogen-bond donors (Lipinski definition) is 0. The highest BCUT2D eigenvalue weighted by Crippen LogP contribution is 2.16. The van der Waals surface area contributed by atoms with Crippen molar-refractivity contribution >= 4 is 17.9 Å². The zero-order valence-corrected chi connectivity index (χ0v) is 40.4. The van der Waals surface area contributed by atoms with E-state index < -0.39 is 6.10 Å². The molecule has 6 heteroatoms. The van der Waals surface area contributed by atoms with Crippen molar-refractivity contribution in [2.24, 2.45) is 0 Å². The van der Waals surface area contributed by atoms with E-state index in [0.717, 1.165) is 96.3 Å². The molecule has 0 rings (SSSR count). The summed E-state index contributed by atoms with van der Waals surface area (Å²) in [5.41, 5.74) is 0. The zero-order valence-electron chi connectivity index (χ0n) is 40.4. The SMILES string of the molecule is CC/C=C\C/C=C\C/C=C\C/C=C\CCCCCCCCCCC(=O)OCC(COC(=O)CCCCCCC)OC(=O)CCCCCCCCCCCCCCCCCCC. The van der Waals surface area contributed by atoms with Gasteiger partial charge in [-0.05, 0) is 57.8 Å². The van der Waals surface area contributed by atoms with Gasteiger partial charge in [0, 0.05) is 19.3 Å². The molecule has 0 radical (unpaired) electrons. The van der Waals surface area contributed by atoms with Gasteiger partial charge < -0.3 is 14.2 Å². The first-order valence-corrected chi connectivity index (χ1v) is 26.1. The number of hydrogen-bond acceptors (Lipinski definition) is 6. The summed E-state index contributed by atoms with van der Waals surface area (Å²) in [7, 11) is 0. The second kappa shape index (κ2) is 50.0. The van der Waals surface area contributed by atoms with Gasteiger partial charge in [-0.25, -0.2) is 0 Å². The maximum absolute atomic E-state index is 12.7. The van der Waals surface area contributed by atoms with Crippen LogP contribution in [0.2, 0.25) is 0 Å². The van der Waals surface area contributed by atoms with Crippen LogP contribution in [0.15, 0.2) is 48.6 Å². The molecule has 0 aromatic carbocycles. The van der Waals surface area contributed by atoms with Crippen LogP contribution < -0.4 is 0 Å². The second-order valence-corrected chi connectivity index (χ2v) is 17.4. The summed E-state index contributed by atoms with van der Waals surface area (Å²) < 4.78 is 16.7. The lowest BCUT2D eigenvalue weighted by Gasteiger charge is -2.18. The van der Waals surface area contributed by atoms with Crippen LogP contribution in [-0.2, 0) is 28.6 Å². The van der Waals surface area contributed by atoms with Crippen molar-refractivity contribution in [3.63, 3.8) is 0 Å². The molecule has 0 saturated heterocycles. The average Bonchev–Trinajstić information content (AvgIpc) is 3.26. The molecular weight excluding hydrogens is 757 g/mol. The molecule has 0 aromatic heterocycles. The Balaban J connectivity index is 4.14. The molecule has 6 nitrogen and oxygen atoms in total. The van der Waals surface area contributed by atoms with Crippen LogP contribution in [0.3, 0.4) is 0 Å². The van der Waals surface area contributed by atoms with Crippen LogP contribution in [0.4, 0.5) is 0 Å². The van der Waals surface area contributed by atoms with Gasteiger partial charge in [0.1, 0.15) is 13.2 Å². The van der Waals surface area contributed by atoms with Gasteiger partial charge in [-0.3, -0.25) is 14.4 Å². The van der Waals surface area contributed by atoms with Crippen molar-refractivity contribution in [1.82, 2.24) is 0 Å². The van der Waals surface area contributed by atoms with Crippen molar-refractivity contribution in [3.05, 3.63) is 48.6 Å². The average molecular weight is 855 g/mol. The Morgan fingerprint density at radius 3 is 1.00 bits per heavy atom. The maximum atomic E-state index is 12.7. The first-order chi connectivity index (χ1) is 30.0.